The van der Waals surface area contributed by atoms with Crippen molar-refractivity contribution >= 4 is 5.97 Å². The third kappa shape index (κ3) is 2.95. The third-order valence-corrected chi connectivity index (χ3v) is 6.69. The van der Waals surface area contributed by atoms with Crippen molar-refractivity contribution in [2.75, 3.05) is 0 Å². The fraction of sp³-hybridized carbons (Fsp3) is 0.889. The molecule has 0 aromatic rings. The maximum absolute atomic E-state index is 11.6. The van der Waals surface area contributed by atoms with Crippen LogP contribution in [0.3, 0.4) is 0 Å². The minimum absolute atomic E-state index is 0.326. The second kappa shape index (κ2) is 5.92. The van der Waals surface area contributed by atoms with Gasteiger partial charge < -0.3 is 15.5 Å². The molecule has 2 rings (SSSR count). The molecule has 2 aliphatic heterocycles. The summed E-state index contributed by atoms with van der Waals surface area (Å²) in [6.07, 6.45) is 1.87. The molecular weight excluding hydrogens is 322 g/mol. The lowest BCUT2D eigenvalue weighted by Gasteiger charge is -2.42. The van der Waals surface area contributed by atoms with Gasteiger partial charge in [0.2, 0.25) is 0 Å². The van der Waals surface area contributed by atoms with Crippen molar-refractivity contribution in [3.63, 3.8) is 0 Å². The first-order chi connectivity index (χ1) is 11.2. The summed E-state index contributed by atoms with van der Waals surface area (Å²) >= 11 is 0. The maximum Gasteiger partial charge on any atom is 0.308 e. The Morgan fingerprint density at radius 3 is 2.08 bits per heavy atom. The molecule has 0 aromatic heterocycles. The Morgan fingerprint density at radius 1 is 1.08 bits per heavy atom. The Balaban J connectivity index is 2.23. The minimum atomic E-state index is -0.917. The molecule has 2 saturated heterocycles. The smallest absolute Gasteiger partial charge is 0.308 e. The molecule has 2 fully saturated rings. The molecule has 0 bridgehead atoms. The van der Waals surface area contributed by atoms with Crippen molar-refractivity contribution in [2.24, 2.45) is 11.8 Å². The molecule has 0 saturated carbocycles. The molecule has 2 aliphatic rings. The van der Waals surface area contributed by atoms with Gasteiger partial charge in [0.25, 0.3) is 0 Å². The Kier molecular flexibility index (Phi) is 4.76. The summed E-state index contributed by atoms with van der Waals surface area (Å²) < 4.78 is 0. The number of carboxylic acids is 1. The number of hydroxylamine groups is 4. The van der Waals surface area contributed by atoms with Crippen molar-refractivity contribution in [3.8, 4) is 6.07 Å². The minimum Gasteiger partial charge on any atom is -0.481 e. The fourth-order valence-electron chi connectivity index (χ4n) is 4.85. The summed E-state index contributed by atoms with van der Waals surface area (Å²) in [6.45, 7) is 11.0. The normalized spacial score (nSPS) is 40.9. The predicted octanol–water partition coefficient (Wildman–Crippen LogP) is 2.87. The van der Waals surface area contributed by atoms with Crippen molar-refractivity contribution in [1.82, 2.24) is 10.1 Å². The van der Waals surface area contributed by atoms with Gasteiger partial charge in [-0.2, -0.15) is 15.4 Å². The zero-order chi connectivity index (χ0) is 19.4. The lowest BCUT2D eigenvalue weighted by Crippen LogP contribution is -2.53. The van der Waals surface area contributed by atoms with E-state index in [0.29, 0.717) is 25.7 Å². The summed E-state index contributed by atoms with van der Waals surface area (Å²) in [7, 11) is 0. The van der Waals surface area contributed by atoms with Crippen LogP contribution >= 0.6 is 0 Å². The molecule has 0 radical (unpaired) electrons. The van der Waals surface area contributed by atoms with Gasteiger partial charge in [0.1, 0.15) is 0 Å². The van der Waals surface area contributed by atoms with Gasteiger partial charge in [-0.15, -0.1) is 0 Å². The van der Waals surface area contributed by atoms with Crippen LogP contribution in [0.1, 0.15) is 67.2 Å². The number of nitriles is 1. The SMILES string of the molecule is CC1(C)CC(C#N)C(C)(CCC2(C)CC(C(=O)O)C(C)(C)N2O)N1O. The molecule has 25 heavy (non-hydrogen) atoms. The number of hydrogen-bond donors (Lipinski definition) is 3. The van der Waals surface area contributed by atoms with Crippen LogP contribution in [0.4, 0.5) is 0 Å². The van der Waals surface area contributed by atoms with E-state index < -0.39 is 34.0 Å². The lowest BCUT2D eigenvalue weighted by atomic mass is 9.78. The van der Waals surface area contributed by atoms with Crippen LogP contribution in [0.2, 0.25) is 0 Å². The Morgan fingerprint density at radius 2 is 1.64 bits per heavy atom. The van der Waals surface area contributed by atoms with Crippen LogP contribution in [0.25, 0.3) is 0 Å². The number of rotatable bonds is 4. The van der Waals surface area contributed by atoms with Gasteiger partial charge in [-0.25, -0.2) is 0 Å². The average molecular weight is 353 g/mol. The fourth-order valence-corrected chi connectivity index (χ4v) is 4.85. The van der Waals surface area contributed by atoms with E-state index >= 15 is 0 Å². The molecule has 3 N–H and O–H groups in total. The summed E-state index contributed by atoms with van der Waals surface area (Å²) in [5, 5.41) is 42.8. The van der Waals surface area contributed by atoms with Crippen LogP contribution < -0.4 is 0 Å². The highest BCUT2D eigenvalue weighted by molar-refractivity contribution is 5.72. The Bertz CT molecular complexity index is 600. The number of aliphatic carboxylic acids is 1. The van der Waals surface area contributed by atoms with E-state index in [1.807, 2.05) is 27.7 Å². The Hall–Kier alpha value is -1.20. The highest BCUT2D eigenvalue weighted by Gasteiger charge is 2.59. The first-order valence-corrected chi connectivity index (χ1v) is 8.83. The number of carboxylic acid groups (broad SMARTS) is 1. The van der Waals surface area contributed by atoms with Gasteiger partial charge in [0, 0.05) is 11.1 Å². The summed E-state index contributed by atoms with van der Waals surface area (Å²) in [6, 6.07) is 2.31. The van der Waals surface area contributed by atoms with Crippen molar-refractivity contribution in [3.05, 3.63) is 0 Å². The molecule has 0 spiro atoms. The molecule has 4 unspecified atom stereocenters. The molecule has 7 heteroatoms. The van der Waals surface area contributed by atoms with Crippen molar-refractivity contribution < 1.29 is 20.3 Å². The Labute approximate surface area is 149 Å². The molecule has 142 valence electrons. The second-order valence-corrected chi connectivity index (χ2v) is 9.42. The van der Waals surface area contributed by atoms with Crippen LogP contribution in [-0.4, -0.2) is 53.8 Å². The quantitative estimate of drug-likeness (QED) is 0.713. The largest absolute Gasteiger partial charge is 0.481 e. The van der Waals surface area contributed by atoms with E-state index in [1.54, 1.807) is 13.8 Å². The van der Waals surface area contributed by atoms with Gasteiger partial charge in [-0.1, -0.05) is 0 Å². The topological polar surface area (TPSA) is 108 Å². The zero-order valence-electron chi connectivity index (χ0n) is 16.1. The maximum atomic E-state index is 11.6. The highest BCUT2D eigenvalue weighted by Crippen LogP contribution is 2.50. The molecule has 2 heterocycles. The van der Waals surface area contributed by atoms with Gasteiger partial charge >= 0.3 is 5.97 Å². The van der Waals surface area contributed by atoms with E-state index in [2.05, 4.69) is 6.07 Å². The van der Waals surface area contributed by atoms with Gasteiger partial charge in [0.05, 0.1) is 29.0 Å². The van der Waals surface area contributed by atoms with Crippen LogP contribution in [0.5, 0.6) is 0 Å². The molecule has 7 nitrogen and oxygen atoms in total. The summed E-state index contributed by atoms with van der Waals surface area (Å²) in [5.41, 5.74) is -2.81. The van der Waals surface area contributed by atoms with E-state index in [1.165, 1.54) is 10.1 Å². The van der Waals surface area contributed by atoms with Crippen molar-refractivity contribution in [2.45, 2.75) is 89.4 Å². The first kappa shape index (κ1) is 20.1. The van der Waals surface area contributed by atoms with E-state index in [9.17, 15) is 25.6 Å². The first-order valence-electron chi connectivity index (χ1n) is 8.83. The second-order valence-electron chi connectivity index (χ2n) is 9.42. The van der Waals surface area contributed by atoms with Gasteiger partial charge in [0.15, 0.2) is 0 Å². The van der Waals surface area contributed by atoms with E-state index in [4.69, 9.17) is 0 Å². The zero-order valence-corrected chi connectivity index (χ0v) is 16.1. The van der Waals surface area contributed by atoms with Crippen LogP contribution in [0, 0.1) is 23.2 Å². The summed E-state index contributed by atoms with van der Waals surface area (Å²) in [4.78, 5) is 11.6. The molecule has 0 aliphatic carbocycles. The van der Waals surface area contributed by atoms with E-state index in [-0.39, 0.29) is 5.92 Å². The van der Waals surface area contributed by atoms with Crippen molar-refractivity contribution in [1.29, 1.82) is 5.26 Å². The lowest BCUT2D eigenvalue weighted by molar-refractivity contribution is -0.220. The number of hydrogen-bond acceptors (Lipinski definition) is 6. The molecule has 4 atom stereocenters. The number of carbonyl (C=O) groups is 1. The highest BCUT2D eigenvalue weighted by atomic mass is 16.5. The van der Waals surface area contributed by atoms with E-state index in [0.717, 1.165) is 0 Å². The average Bonchev–Trinajstić information content (AvgIpc) is 2.81. The van der Waals surface area contributed by atoms with Crippen LogP contribution in [0.15, 0.2) is 0 Å². The predicted molar refractivity (Wildman–Crippen MR) is 90.9 cm³/mol. The van der Waals surface area contributed by atoms with Gasteiger partial charge in [-0.3, -0.25) is 4.79 Å². The van der Waals surface area contributed by atoms with Gasteiger partial charge in [-0.05, 0) is 67.2 Å². The monoisotopic (exact) mass is 353 g/mol. The molecular formula is C18H31N3O4. The molecule has 0 amide bonds. The number of nitrogens with zero attached hydrogens (tertiary/aromatic N) is 3. The molecule has 0 aromatic carbocycles. The van der Waals surface area contributed by atoms with Crippen LogP contribution in [-0.2, 0) is 4.79 Å². The third-order valence-electron chi connectivity index (χ3n) is 6.69. The standard InChI is InChI=1S/C18H31N3O4/c1-15(2)9-12(11-19)18(6,20(15)24)8-7-17(5)10-13(14(22)23)16(3,4)21(17)25/h12-13,24-25H,7-10H2,1-6H3,(H,22,23). The summed E-state index contributed by atoms with van der Waals surface area (Å²) in [5.74, 6) is -1.92.